The van der Waals surface area contributed by atoms with Crippen LogP contribution >= 0.6 is 22.9 Å². The van der Waals surface area contributed by atoms with Crippen molar-refractivity contribution in [3.63, 3.8) is 0 Å². The Bertz CT molecular complexity index is 610. The first-order valence-electron chi connectivity index (χ1n) is 6.92. The molecule has 1 fully saturated rings. The van der Waals surface area contributed by atoms with E-state index in [0.29, 0.717) is 18.5 Å². The Morgan fingerprint density at radius 1 is 1.57 bits per heavy atom. The Balaban J connectivity index is 1.71. The monoisotopic (exact) mass is 325 g/mol. The van der Waals surface area contributed by atoms with Crippen LogP contribution in [0.5, 0.6) is 0 Å². The van der Waals surface area contributed by atoms with E-state index in [1.54, 1.807) is 11.0 Å². The summed E-state index contributed by atoms with van der Waals surface area (Å²) >= 11 is 7.42. The molecule has 0 saturated carbocycles. The predicted octanol–water partition coefficient (Wildman–Crippen LogP) is 3.72. The van der Waals surface area contributed by atoms with Gasteiger partial charge in [-0.1, -0.05) is 6.07 Å². The number of hydrogen-bond donors (Lipinski definition) is 1. The summed E-state index contributed by atoms with van der Waals surface area (Å²) in [5.41, 5.74) is 0.397. The van der Waals surface area contributed by atoms with Gasteiger partial charge in [0, 0.05) is 17.5 Å². The van der Waals surface area contributed by atoms with E-state index in [1.165, 1.54) is 17.6 Å². The van der Waals surface area contributed by atoms with Gasteiger partial charge in [0.25, 0.3) is 5.91 Å². The molecule has 0 aliphatic carbocycles. The predicted molar refractivity (Wildman–Crippen MR) is 81.7 cm³/mol. The van der Waals surface area contributed by atoms with Crippen molar-refractivity contribution in [2.75, 3.05) is 6.54 Å². The van der Waals surface area contributed by atoms with Crippen molar-refractivity contribution in [2.24, 2.45) is 0 Å². The molecule has 2 aromatic rings. The number of carbonyl (C=O) groups is 1. The molecule has 2 aromatic heterocycles. The van der Waals surface area contributed by atoms with Crippen LogP contribution in [-0.4, -0.2) is 28.5 Å². The van der Waals surface area contributed by atoms with E-state index in [0.717, 1.165) is 17.7 Å². The van der Waals surface area contributed by atoms with Crippen LogP contribution in [0.4, 0.5) is 0 Å². The summed E-state index contributed by atoms with van der Waals surface area (Å²) in [6.07, 6.45) is 3.30. The number of furan rings is 1. The molecule has 0 spiro atoms. The molecule has 1 saturated heterocycles. The summed E-state index contributed by atoms with van der Waals surface area (Å²) in [5, 5.41) is 12.4. The molecule has 2 atom stereocenters. The fraction of sp³-hybridized carbons (Fsp3) is 0.400. The molecule has 1 N–H and O–H groups in total. The highest BCUT2D eigenvalue weighted by atomic mass is 35.5. The highest BCUT2D eigenvalue weighted by molar-refractivity contribution is 7.10. The van der Waals surface area contributed by atoms with Gasteiger partial charge in [-0.15, -0.1) is 11.3 Å². The Morgan fingerprint density at radius 2 is 2.43 bits per heavy atom. The Hall–Kier alpha value is -1.30. The first-order valence-corrected chi connectivity index (χ1v) is 8.18. The largest absolute Gasteiger partial charge is 0.452 e. The van der Waals surface area contributed by atoms with E-state index >= 15 is 0 Å². The maximum atomic E-state index is 12.5. The van der Waals surface area contributed by atoms with Crippen LogP contribution in [0.3, 0.4) is 0 Å². The van der Waals surface area contributed by atoms with Gasteiger partial charge >= 0.3 is 0 Å². The number of hydrogen-bond acceptors (Lipinski definition) is 4. The number of aliphatic hydroxyl groups is 1. The summed E-state index contributed by atoms with van der Waals surface area (Å²) in [4.78, 5) is 15.2. The van der Waals surface area contributed by atoms with Crippen molar-refractivity contribution < 1.29 is 14.3 Å². The highest BCUT2D eigenvalue weighted by Crippen LogP contribution is 2.31. The Labute approximate surface area is 131 Å². The molecule has 21 heavy (non-hydrogen) atoms. The number of carbonyl (C=O) groups excluding carboxylic acids is 1. The molecule has 0 radical (unpaired) electrons. The van der Waals surface area contributed by atoms with Gasteiger partial charge in [-0.05, 0) is 48.4 Å². The molecule has 112 valence electrons. The zero-order valence-electron chi connectivity index (χ0n) is 11.4. The van der Waals surface area contributed by atoms with Crippen LogP contribution in [0, 0.1) is 0 Å². The Kier molecular flexibility index (Phi) is 4.33. The summed E-state index contributed by atoms with van der Waals surface area (Å²) in [7, 11) is 0. The smallest absolute Gasteiger partial charge is 0.258 e. The van der Waals surface area contributed by atoms with E-state index in [2.05, 4.69) is 0 Å². The van der Waals surface area contributed by atoms with Gasteiger partial charge in [-0.3, -0.25) is 4.79 Å². The summed E-state index contributed by atoms with van der Waals surface area (Å²) < 4.78 is 4.99. The second-order valence-corrected chi connectivity index (χ2v) is 6.49. The van der Waals surface area contributed by atoms with Crippen LogP contribution in [0.15, 0.2) is 34.3 Å². The lowest BCUT2D eigenvalue weighted by Crippen LogP contribution is -2.36. The zero-order valence-corrected chi connectivity index (χ0v) is 12.9. The third-order valence-electron chi connectivity index (χ3n) is 3.85. The lowest BCUT2D eigenvalue weighted by Gasteiger charge is -2.26. The fourth-order valence-electron chi connectivity index (χ4n) is 2.80. The lowest BCUT2D eigenvalue weighted by atomic mass is 10.1. The quantitative estimate of drug-likeness (QED) is 0.932. The SMILES string of the molecule is O=C(c1ccoc1Cl)N1CCC[C@H]1C[C@H](O)c1cccs1. The number of nitrogens with zero attached hydrogens (tertiary/aromatic N) is 1. The van der Waals surface area contributed by atoms with Gasteiger partial charge in [0.15, 0.2) is 0 Å². The van der Waals surface area contributed by atoms with Crippen molar-refractivity contribution in [1.29, 1.82) is 0 Å². The van der Waals surface area contributed by atoms with Gasteiger partial charge in [0.2, 0.25) is 5.22 Å². The maximum Gasteiger partial charge on any atom is 0.258 e. The minimum atomic E-state index is -0.525. The topological polar surface area (TPSA) is 53.7 Å². The molecular formula is C15H16ClNO3S. The van der Waals surface area contributed by atoms with Crippen LogP contribution in [0.1, 0.15) is 40.6 Å². The molecule has 4 nitrogen and oxygen atoms in total. The van der Waals surface area contributed by atoms with Gasteiger partial charge in [0.1, 0.15) is 0 Å². The number of aliphatic hydroxyl groups excluding tert-OH is 1. The summed E-state index contributed by atoms with van der Waals surface area (Å²) in [5.74, 6) is -0.116. The molecule has 6 heteroatoms. The second-order valence-electron chi connectivity index (χ2n) is 5.17. The van der Waals surface area contributed by atoms with E-state index in [1.807, 2.05) is 17.5 Å². The first kappa shape index (κ1) is 14.6. The van der Waals surface area contributed by atoms with Crippen LogP contribution < -0.4 is 0 Å². The maximum absolute atomic E-state index is 12.5. The van der Waals surface area contributed by atoms with Crippen molar-refractivity contribution in [2.45, 2.75) is 31.4 Å². The minimum Gasteiger partial charge on any atom is -0.452 e. The molecule has 1 aliphatic heterocycles. The fourth-order valence-corrected chi connectivity index (χ4v) is 3.72. The summed E-state index contributed by atoms with van der Waals surface area (Å²) in [6.45, 7) is 0.697. The second kappa shape index (κ2) is 6.22. The molecule has 1 amide bonds. The van der Waals surface area contributed by atoms with Crippen LogP contribution in [-0.2, 0) is 0 Å². The number of halogens is 1. The van der Waals surface area contributed by atoms with Crippen molar-refractivity contribution in [3.8, 4) is 0 Å². The van der Waals surface area contributed by atoms with E-state index < -0.39 is 6.10 Å². The molecular weight excluding hydrogens is 310 g/mol. The number of likely N-dealkylation sites (tertiary alicyclic amines) is 1. The minimum absolute atomic E-state index is 0.0422. The van der Waals surface area contributed by atoms with Crippen molar-refractivity contribution >= 4 is 28.8 Å². The molecule has 0 aromatic carbocycles. The number of amides is 1. The standard InChI is InChI=1S/C15H16ClNO3S/c16-14-11(5-7-20-14)15(19)17-6-1-3-10(17)9-12(18)13-4-2-8-21-13/h2,4-5,7-8,10,12,18H,1,3,6,9H2/t10-,12-/m0/s1. The van der Waals surface area contributed by atoms with Crippen molar-refractivity contribution in [3.05, 3.63) is 45.5 Å². The number of rotatable bonds is 4. The van der Waals surface area contributed by atoms with E-state index in [9.17, 15) is 9.90 Å². The van der Waals surface area contributed by atoms with Gasteiger partial charge < -0.3 is 14.4 Å². The van der Waals surface area contributed by atoms with Gasteiger partial charge in [-0.25, -0.2) is 0 Å². The van der Waals surface area contributed by atoms with Gasteiger partial charge in [0.05, 0.1) is 17.9 Å². The first-order chi connectivity index (χ1) is 10.2. The van der Waals surface area contributed by atoms with Gasteiger partial charge in [-0.2, -0.15) is 0 Å². The average Bonchev–Trinajstić information content (AvgIpc) is 3.19. The van der Waals surface area contributed by atoms with E-state index in [-0.39, 0.29) is 17.2 Å². The molecule has 0 bridgehead atoms. The molecule has 3 rings (SSSR count). The lowest BCUT2D eigenvalue weighted by molar-refractivity contribution is 0.0669. The third kappa shape index (κ3) is 3.00. The zero-order chi connectivity index (χ0) is 14.8. The third-order valence-corrected chi connectivity index (χ3v) is 5.12. The Morgan fingerprint density at radius 3 is 3.10 bits per heavy atom. The highest BCUT2D eigenvalue weighted by Gasteiger charge is 2.32. The van der Waals surface area contributed by atoms with E-state index in [4.69, 9.17) is 16.0 Å². The molecule has 0 unspecified atom stereocenters. The normalized spacial score (nSPS) is 19.9. The van der Waals surface area contributed by atoms with Crippen LogP contribution in [0.25, 0.3) is 0 Å². The number of thiophene rings is 1. The van der Waals surface area contributed by atoms with Crippen LogP contribution in [0.2, 0.25) is 5.22 Å². The summed E-state index contributed by atoms with van der Waals surface area (Å²) in [6, 6.07) is 5.48. The molecule has 3 heterocycles. The molecule has 1 aliphatic rings. The van der Waals surface area contributed by atoms with Crippen molar-refractivity contribution in [1.82, 2.24) is 4.90 Å². The average molecular weight is 326 g/mol.